The number of aryl methyl sites for hydroxylation is 1. The van der Waals surface area contributed by atoms with Gasteiger partial charge in [-0.05, 0) is 40.7 Å². The summed E-state index contributed by atoms with van der Waals surface area (Å²) in [5.74, 6) is -1.32. The van der Waals surface area contributed by atoms with Crippen LogP contribution in [0.5, 0.6) is 0 Å². The first-order valence-electron chi connectivity index (χ1n) is 6.85. The largest absolute Gasteiger partial charge is 0.478 e. The Balaban J connectivity index is 2.74. The fourth-order valence-electron chi connectivity index (χ4n) is 2.41. The van der Waals surface area contributed by atoms with Gasteiger partial charge < -0.3 is 5.11 Å². The van der Waals surface area contributed by atoms with E-state index < -0.39 is 5.97 Å². The molecule has 0 aliphatic heterocycles. The zero-order chi connectivity index (χ0) is 15.8. The van der Waals surface area contributed by atoms with Crippen LogP contribution >= 0.6 is 0 Å². The van der Waals surface area contributed by atoms with Crippen LogP contribution in [-0.2, 0) is 5.41 Å². The van der Waals surface area contributed by atoms with Gasteiger partial charge in [0.2, 0.25) is 0 Å². The van der Waals surface area contributed by atoms with Crippen molar-refractivity contribution in [3.63, 3.8) is 0 Å². The van der Waals surface area contributed by atoms with Crippen LogP contribution in [0.3, 0.4) is 0 Å². The molecule has 0 aliphatic carbocycles. The Morgan fingerprint density at radius 3 is 2.33 bits per heavy atom. The third kappa shape index (κ3) is 2.97. The molecular formula is C18H19FO2. The fraction of sp³-hybridized carbons (Fsp3) is 0.278. The average Bonchev–Trinajstić information content (AvgIpc) is 2.40. The highest BCUT2D eigenvalue weighted by Gasteiger charge is 2.24. The lowest BCUT2D eigenvalue weighted by Crippen LogP contribution is -2.17. The van der Waals surface area contributed by atoms with Crippen LogP contribution in [0.4, 0.5) is 4.39 Å². The predicted octanol–water partition coefficient (Wildman–Crippen LogP) is 4.80. The fourth-order valence-corrected chi connectivity index (χ4v) is 2.41. The monoisotopic (exact) mass is 286 g/mol. The molecule has 2 aromatic carbocycles. The van der Waals surface area contributed by atoms with Crippen LogP contribution in [0.15, 0.2) is 36.4 Å². The molecule has 2 rings (SSSR count). The molecule has 0 saturated carbocycles. The summed E-state index contributed by atoms with van der Waals surface area (Å²) >= 11 is 0. The third-order valence-corrected chi connectivity index (χ3v) is 3.57. The maximum atomic E-state index is 13.8. The van der Waals surface area contributed by atoms with Crippen molar-refractivity contribution in [1.82, 2.24) is 0 Å². The summed E-state index contributed by atoms with van der Waals surface area (Å²) in [4.78, 5) is 11.7. The molecular weight excluding hydrogens is 267 g/mol. The number of carboxylic acids is 1. The van der Waals surface area contributed by atoms with Gasteiger partial charge in [0.1, 0.15) is 5.82 Å². The number of halogens is 1. The summed E-state index contributed by atoms with van der Waals surface area (Å²) in [5, 5.41) is 9.60. The molecule has 0 aromatic heterocycles. The first-order valence-corrected chi connectivity index (χ1v) is 6.85. The van der Waals surface area contributed by atoms with E-state index in [1.807, 2.05) is 32.9 Å². The summed E-state index contributed by atoms with van der Waals surface area (Å²) < 4.78 is 13.8. The molecule has 0 heterocycles. The molecule has 0 amide bonds. The van der Waals surface area contributed by atoms with Crippen molar-refractivity contribution in [3.05, 3.63) is 58.9 Å². The Kier molecular flexibility index (Phi) is 3.86. The second-order valence-electron chi connectivity index (χ2n) is 6.25. The van der Waals surface area contributed by atoms with Crippen LogP contribution in [0.2, 0.25) is 0 Å². The lowest BCUT2D eigenvalue weighted by Gasteiger charge is -2.23. The number of carbonyl (C=O) groups is 1. The number of benzene rings is 2. The minimum atomic E-state index is -0.989. The van der Waals surface area contributed by atoms with Crippen molar-refractivity contribution in [2.24, 2.45) is 0 Å². The summed E-state index contributed by atoms with van der Waals surface area (Å²) in [6, 6.07) is 10.2. The maximum absolute atomic E-state index is 13.8. The van der Waals surface area contributed by atoms with E-state index in [1.54, 1.807) is 25.1 Å². The van der Waals surface area contributed by atoms with E-state index >= 15 is 0 Å². The Morgan fingerprint density at radius 1 is 1.14 bits per heavy atom. The van der Waals surface area contributed by atoms with Gasteiger partial charge in [0.05, 0.1) is 5.56 Å². The topological polar surface area (TPSA) is 37.3 Å². The Hall–Kier alpha value is -2.16. The SMILES string of the molecule is Cc1ccc(-c2cccc(C(C)(C)C)c2C(=O)O)cc1F. The second kappa shape index (κ2) is 5.32. The van der Waals surface area contributed by atoms with Crippen LogP contribution in [0.1, 0.15) is 42.3 Å². The van der Waals surface area contributed by atoms with E-state index in [4.69, 9.17) is 0 Å². The molecule has 0 fully saturated rings. The van der Waals surface area contributed by atoms with Gasteiger partial charge in [0.15, 0.2) is 0 Å². The normalized spacial score (nSPS) is 11.5. The van der Waals surface area contributed by atoms with Gasteiger partial charge in [-0.3, -0.25) is 0 Å². The molecule has 110 valence electrons. The smallest absolute Gasteiger partial charge is 0.336 e. The highest BCUT2D eigenvalue weighted by molar-refractivity contribution is 5.98. The standard InChI is InChI=1S/C18H19FO2/c1-11-8-9-12(10-15(11)19)13-6-5-7-14(18(2,3)4)16(13)17(20)21/h5-10H,1-4H3,(H,20,21). The first-order chi connectivity index (χ1) is 9.71. The van der Waals surface area contributed by atoms with E-state index in [9.17, 15) is 14.3 Å². The molecule has 0 atom stereocenters. The van der Waals surface area contributed by atoms with E-state index in [1.165, 1.54) is 6.07 Å². The Bertz CT molecular complexity index is 697. The first kappa shape index (κ1) is 15.2. The number of aromatic carboxylic acids is 1. The van der Waals surface area contributed by atoms with Gasteiger partial charge in [-0.1, -0.05) is 51.1 Å². The lowest BCUT2D eigenvalue weighted by molar-refractivity contribution is 0.0695. The van der Waals surface area contributed by atoms with Gasteiger partial charge in [0, 0.05) is 0 Å². The Labute approximate surface area is 124 Å². The van der Waals surface area contributed by atoms with Crippen molar-refractivity contribution in [2.75, 3.05) is 0 Å². The molecule has 3 heteroatoms. The van der Waals surface area contributed by atoms with Crippen molar-refractivity contribution < 1.29 is 14.3 Å². The van der Waals surface area contributed by atoms with Crippen molar-refractivity contribution in [3.8, 4) is 11.1 Å². The summed E-state index contributed by atoms with van der Waals surface area (Å²) in [5.41, 5.74) is 2.37. The summed E-state index contributed by atoms with van der Waals surface area (Å²) in [6.45, 7) is 7.58. The van der Waals surface area contributed by atoms with Crippen LogP contribution < -0.4 is 0 Å². The van der Waals surface area contributed by atoms with Crippen LogP contribution in [-0.4, -0.2) is 11.1 Å². The zero-order valence-electron chi connectivity index (χ0n) is 12.7. The molecule has 0 bridgehead atoms. The van der Waals surface area contributed by atoms with Gasteiger partial charge >= 0.3 is 5.97 Å². The minimum absolute atomic E-state index is 0.244. The van der Waals surface area contributed by atoms with Crippen molar-refractivity contribution >= 4 is 5.97 Å². The molecule has 2 aromatic rings. The van der Waals surface area contributed by atoms with Gasteiger partial charge in [-0.25, -0.2) is 9.18 Å². The van der Waals surface area contributed by atoms with Crippen LogP contribution in [0, 0.1) is 12.7 Å². The van der Waals surface area contributed by atoms with Gasteiger partial charge in [-0.2, -0.15) is 0 Å². The zero-order valence-corrected chi connectivity index (χ0v) is 12.7. The predicted molar refractivity (Wildman–Crippen MR) is 82.2 cm³/mol. The van der Waals surface area contributed by atoms with E-state index in [0.717, 1.165) is 5.56 Å². The molecule has 0 saturated heterocycles. The lowest BCUT2D eigenvalue weighted by atomic mass is 9.81. The number of rotatable bonds is 2. The van der Waals surface area contributed by atoms with E-state index in [2.05, 4.69) is 0 Å². The maximum Gasteiger partial charge on any atom is 0.336 e. The molecule has 0 radical (unpaired) electrons. The van der Waals surface area contributed by atoms with Crippen LogP contribution in [0.25, 0.3) is 11.1 Å². The molecule has 0 unspecified atom stereocenters. The second-order valence-corrected chi connectivity index (χ2v) is 6.25. The molecule has 0 spiro atoms. The number of hydrogen-bond acceptors (Lipinski definition) is 1. The Morgan fingerprint density at radius 2 is 1.81 bits per heavy atom. The molecule has 2 nitrogen and oxygen atoms in total. The minimum Gasteiger partial charge on any atom is -0.478 e. The summed E-state index contributed by atoms with van der Waals surface area (Å²) in [6.07, 6.45) is 0. The van der Waals surface area contributed by atoms with Crippen molar-refractivity contribution in [1.29, 1.82) is 0 Å². The number of carboxylic acid groups (broad SMARTS) is 1. The van der Waals surface area contributed by atoms with Gasteiger partial charge in [-0.15, -0.1) is 0 Å². The van der Waals surface area contributed by atoms with E-state index in [0.29, 0.717) is 16.7 Å². The average molecular weight is 286 g/mol. The summed E-state index contributed by atoms with van der Waals surface area (Å²) in [7, 11) is 0. The third-order valence-electron chi connectivity index (χ3n) is 3.57. The van der Waals surface area contributed by atoms with E-state index in [-0.39, 0.29) is 16.8 Å². The van der Waals surface area contributed by atoms with Crippen molar-refractivity contribution in [2.45, 2.75) is 33.1 Å². The highest BCUT2D eigenvalue weighted by atomic mass is 19.1. The highest BCUT2D eigenvalue weighted by Crippen LogP contribution is 2.33. The molecule has 1 N–H and O–H groups in total. The molecule has 0 aliphatic rings. The quantitative estimate of drug-likeness (QED) is 0.861. The van der Waals surface area contributed by atoms with Gasteiger partial charge in [0.25, 0.3) is 0 Å². The number of hydrogen-bond donors (Lipinski definition) is 1. The molecule has 21 heavy (non-hydrogen) atoms.